The molecule has 2 heterocycles. The lowest BCUT2D eigenvalue weighted by atomic mass is 9.99. The van der Waals surface area contributed by atoms with Crippen LogP contribution in [0.2, 0.25) is 0 Å². The van der Waals surface area contributed by atoms with E-state index in [1.165, 1.54) is 58.7 Å². The quantitative estimate of drug-likeness (QED) is 0.139. The number of hydrogen-bond donors (Lipinski definition) is 0. The highest BCUT2D eigenvalue weighted by Crippen LogP contribution is 2.37. The largest absolute Gasteiger partial charge is 0.316 e. The van der Waals surface area contributed by atoms with Crippen molar-refractivity contribution in [1.29, 1.82) is 10.5 Å². The molecule has 0 spiro atoms. The van der Waals surface area contributed by atoms with Gasteiger partial charge in [0.05, 0.1) is 20.9 Å². The second-order valence-electron chi connectivity index (χ2n) is 8.95. The summed E-state index contributed by atoms with van der Waals surface area (Å²) in [6.45, 7) is 4.06. The Balaban J connectivity index is 1.27. The lowest BCUT2D eigenvalue weighted by Crippen LogP contribution is -1.90. The van der Waals surface area contributed by atoms with Crippen molar-refractivity contribution in [1.82, 2.24) is 0 Å². The van der Waals surface area contributed by atoms with Gasteiger partial charge >= 0.3 is 0 Å². The summed E-state index contributed by atoms with van der Waals surface area (Å²) in [6.07, 6.45) is 7.34. The SMILES string of the molecule is Cc1ccc(SO/N=C2C=C/C(=C(/C#N)c3cccc(/C(C#N)=C4C=C/C(=N/OSc5ccc(C)cc5)S\4)c3)S/2)cc1. The van der Waals surface area contributed by atoms with Crippen molar-refractivity contribution in [2.45, 2.75) is 23.6 Å². The number of nitrogens with zero attached hydrogens (tertiary/aromatic N) is 4. The molecule has 206 valence electrons. The topological polar surface area (TPSA) is 90.8 Å². The number of hydrogen-bond acceptors (Lipinski definition) is 10. The molecule has 3 aromatic rings. The van der Waals surface area contributed by atoms with Crippen LogP contribution in [0.4, 0.5) is 0 Å². The van der Waals surface area contributed by atoms with Gasteiger partial charge in [0.1, 0.15) is 46.3 Å². The number of thioether (sulfide) groups is 2. The summed E-state index contributed by atoms with van der Waals surface area (Å²) < 4.78 is 10.9. The molecule has 0 amide bonds. The third-order valence-electron chi connectivity index (χ3n) is 5.90. The van der Waals surface area contributed by atoms with E-state index in [0.29, 0.717) is 32.4 Å². The van der Waals surface area contributed by atoms with E-state index < -0.39 is 0 Å². The maximum Gasteiger partial charge on any atom is 0.142 e. The first-order chi connectivity index (χ1) is 20.5. The number of aryl methyl sites for hydroxylation is 2. The molecule has 0 bridgehead atoms. The molecule has 5 rings (SSSR count). The highest BCUT2D eigenvalue weighted by Gasteiger charge is 2.19. The fourth-order valence-electron chi connectivity index (χ4n) is 3.76. The molecule has 0 saturated carbocycles. The summed E-state index contributed by atoms with van der Waals surface area (Å²) in [7, 11) is 0. The third-order valence-corrected chi connectivity index (χ3v) is 9.09. The van der Waals surface area contributed by atoms with E-state index in [4.69, 9.17) is 8.57 Å². The summed E-state index contributed by atoms with van der Waals surface area (Å²) in [5.74, 6) is 0. The van der Waals surface area contributed by atoms with Crippen LogP contribution in [0.15, 0.2) is 127 Å². The van der Waals surface area contributed by atoms with E-state index in [9.17, 15) is 10.5 Å². The summed E-state index contributed by atoms with van der Waals surface area (Å²) in [5, 5.41) is 29.7. The van der Waals surface area contributed by atoms with Crippen molar-refractivity contribution in [2.24, 2.45) is 10.3 Å². The van der Waals surface area contributed by atoms with Crippen LogP contribution in [0.3, 0.4) is 0 Å². The molecule has 0 saturated heterocycles. The van der Waals surface area contributed by atoms with Crippen LogP contribution in [0.5, 0.6) is 0 Å². The van der Waals surface area contributed by atoms with Gasteiger partial charge in [0.15, 0.2) is 0 Å². The number of nitriles is 2. The van der Waals surface area contributed by atoms with Crippen LogP contribution in [-0.2, 0) is 8.57 Å². The van der Waals surface area contributed by atoms with Crippen molar-refractivity contribution in [3.8, 4) is 12.1 Å². The van der Waals surface area contributed by atoms with Crippen molar-refractivity contribution in [3.05, 3.63) is 129 Å². The van der Waals surface area contributed by atoms with Gasteiger partial charge in [-0.15, -0.1) is 0 Å². The zero-order valence-corrected chi connectivity index (χ0v) is 25.7. The molecule has 0 unspecified atom stereocenters. The Morgan fingerprint density at radius 1 is 0.643 bits per heavy atom. The number of allylic oxidation sites excluding steroid dienone is 4. The lowest BCUT2D eigenvalue weighted by molar-refractivity contribution is 0.407. The second kappa shape index (κ2) is 14.2. The molecular formula is C32H22N4O2S4. The predicted molar refractivity (Wildman–Crippen MR) is 176 cm³/mol. The zero-order valence-electron chi connectivity index (χ0n) is 22.5. The predicted octanol–water partition coefficient (Wildman–Crippen LogP) is 9.45. The van der Waals surface area contributed by atoms with E-state index in [1.807, 2.05) is 111 Å². The maximum atomic E-state index is 10.0. The standard InChI is InChI=1S/C32H22N4O2S4/c1-21-6-10-25(11-7-21)41-37-35-31-16-14-29(39-31)27(19-33)23-4-3-5-24(18-23)28(20-34)30-15-17-32(40-30)36-38-42-26-12-8-22(2)9-13-26/h3-18H,1-2H3/b29-27+,30-28+,35-31-,36-32-. The molecule has 42 heavy (non-hydrogen) atoms. The lowest BCUT2D eigenvalue weighted by Gasteiger charge is -2.07. The van der Waals surface area contributed by atoms with E-state index in [2.05, 4.69) is 22.4 Å². The molecule has 3 aromatic carbocycles. The molecule has 0 N–H and O–H groups in total. The van der Waals surface area contributed by atoms with E-state index >= 15 is 0 Å². The molecule has 0 atom stereocenters. The summed E-state index contributed by atoms with van der Waals surface area (Å²) in [5.41, 5.74) is 4.77. The van der Waals surface area contributed by atoms with Gasteiger partial charge in [-0.1, -0.05) is 87.4 Å². The van der Waals surface area contributed by atoms with Gasteiger partial charge in [0.2, 0.25) is 0 Å². The van der Waals surface area contributed by atoms with Crippen LogP contribution < -0.4 is 0 Å². The smallest absolute Gasteiger partial charge is 0.142 e. The van der Waals surface area contributed by atoms with Crippen LogP contribution in [-0.4, -0.2) is 10.1 Å². The minimum atomic E-state index is 0.496. The molecule has 0 fully saturated rings. The Kier molecular flexibility index (Phi) is 9.96. The normalized spacial score (nSPS) is 18.2. The van der Waals surface area contributed by atoms with Crippen molar-refractivity contribution in [3.63, 3.8) is 0 Å². The number of benzene rings is 3. The minimum Gasteiger partial charge on any atom is -0.316 e. The average Bonchev–Trinajstić information content (AvgIpc) is 3.67. The fourth-order valence-corrected chi connectivity index (χ4v) is 6.43. The van der Waals surface area contributed by atoms with E-state index in [0.717, 1.165) is 19.6 Å². The molecule has 2 aliphatic heterocycles. The average molecular weight is 623 g/mol. The monoisotopic (exact) mass is 622 g/mol. The van der Waals surface area contributed by atoms with Gasteiger partial charge in [0.25, 0.3) is 0 Å². The van der Waals surface area contributed by atoms with Gasteiger partial charge in [-0.3, -0.25) is 0 Å². The Morgan fingerprint density at radius 2 is 1.07 bits per heavy atom. The van der Waals surface area contributed by atoms with Crippen molar-refractivity contribution in [2.75, 3.05) is 0 Å². The van der Waals surface area contributed by atoms with Crippen molar-refractivity contribution < 1.29 is 8.57 Å². The van der Waals surface area contributed by atoms with Crippen LogP contribution in [0, 0.1) is 36.5 Å². The molecule has 0 aliphatic carbocycles. The fraction of sp³-hybridized carbons (Fsp3) is 0.0625. The van der Waals surface area contributed by atoms with Gasteiger partial charge in [0, 0.05) is 9.81 Å². The van der Waals surface area contributed by atoms with E-state index in [-0.39, 0.29) is 0 Å². The highest BCUT2D eigenvalue weighted by molar-refractivity contribution is 8.18. The Hall–Kier alpha value is -4.06. The summed E-state index contributed by atoms with van der Waals surface area (Å²) in [6, 6.07) is 28.0. The minimum absolute atomic E-state index is 0.496. The van der Waals surface area contributed by atoms with Gasteiger partial charge in [-0.05, 0) is 79.6 Å². The summed E-state index contributed by atoms with van der Waals surface area (Å²) >= 11 is 5.07. The van der Waals surface area contributed by atoms with E-state index in [1.54, 1.807) is 0 Å². The number of oxime groups is 2. The Morgan fingerprint density at radius 3 is 1.48 bits per heavy atom. The second-order valence-corrected chi connectivity index (χ2v) is 12.7. The molecule has 2 aliphatic rings. The van der Waals surface area contributed by atoms with Crippen LogP contribution in [0.1, 0.15) is 22.3 Å². The molecule has 0 radical (unpaired) electrons. The van der Waals surface area contributed by atoms with Gasteiger partial charge < -0.3 is 8.57 Å². The Labute approximate surface area is 262 Å². The molecular weight excluding hydrogens is 601 g/mol. The van der Waals surface area contributed by atoms with Gasteiger partial charge in [-0.2, -0.15) is 10.5 Å². The first kappa shape index (κ1) is 29.4. The Bertz CT molecular complexity index is 1630. The van der Waals surface area contributed by atoms with Crippen LogP contribution >= 0.6 is 47.6 Å². The first-order valence-corrected chi connectivity index (χ1v) is 15.7. The number of rotatable bonds is 8. The molecule has 0 aromatic heterocycles. The van der Waals surface area contributed by atoms with Gasteiger partial charge in [-0.25, -0.2) is 0 Å². The van der Waals surface area contributed by atoms with Crippen molar-refractivity contribution >= 4 is 68.8 Å². The van der Waals surface area contributed by atoms with Crippen LogP contribution in [0.25, 0.3) is 11.1 Å². The molecule has 10 heteroatoms. The third kappa shape index (κ3) is 7.61. The first-order valence-electron chi connectivity index (χ1n) is 12.6. The highest BCUT2D eigenvalue weighted by atomic mass is 32.2. The molecule has 6 nitrogen and oxygen atoms in total. The summed E-state index contributed by atoms with van der Waals surface area (Å²) in [4.78, 5) is 3.42. The zero-order chi connectivity index (χ0) is 29.3. The maximum absolute atomic E-state index is 10.0.